The van der Waals surface area contributed by atoms with Crippen LogP contribution in [0.3, 0.4) is 0 Å². The summed E-state index contributed by atoms with van der Waals surface area (Å²) >= 11 is 3.19. The Labute approximate surface area is 106 Å². The maximum absolute atomic E-state index is 11.3. The molecule has 0 saturated carbocycles. The molecule has 1 fully saturated rings. The van der Waals surface area contributed by atoms with Crippen molar-refractivity contribution in [3.63, 3.8) is 0 Å². The molecule has 1 aliphatic heterocycles. The van der Waals surface area contributed by atoms with Crippen molar-refractivity contribution in [2.24, 2.45) is 0 Å². The molecule has 92 valence electrons. The van der Waals surface area contributed by atoms with Crippen molar-refractivity contribution in [3.05, 3.63) is 11.1 Å². The molecular weight excluding hydrogens is 270 g/mol. The van der Waals surface area contributed by atoms with Gasteiger partial charge in [-0.3, -0.25) is 0 Å². The van der Waals surface area contributed by atoms with Crippen LogP contribution in [0.5, 0.6) is 0 Å². The van der Waals surface area contributed by atoms with E-state index in [0.717, 1.165) is 11.0 Å². The summed E-state index contributed by atoms with van der Waals surface area (Å²) in [7, 11) is 0. The molecule has 0 unspecified atom stereocenters. The number of amides is 2. The highest BCUT2D eigenvalue weighted by Gasteiger charge is 2.09. The lowest BCUT2D eigenvalue weighted by Crippen LogP contribution is -2.41. The summed E-state index contributed by atoms with van der Waals surface area (Å²) < 4.78 is 0.777. The quantitative estimate of drug-likeness (QED) is 0.809. The van der Waals surface area contributed by atoms with Crippen molar-refractivity contribution in [3.8, 4) is 0 Å². The van der Waals surface area contributed by atoms with Crippen LogP contribution in [0.15, 0.2) is 11.1 Å². The van der Waals surface area contributed by atoms with E-state index < -0.39 is 0 Å². The maximum Gasteiger partial charge on any atom is 0.315 e. The van der Waals surface area contributed by atoms with Crippen LogP contribution in [0, 0.1) is 0 Å². The SMILES string of the molecule is C=C(Br)CNC(=O)NCCN1CCCCC1. The van der Waals surface area contributed by atoms with E-state index in [0.29, 0.717) is 13.1 Å². The molecule has 1 heterocycles. The lowest BCUT2D eigenvalue weighted by molar-refractivity contribution is 0.221. The van der Waals surface area contributed by atoms with Crippen LogP contribution in [0.25, 0.3) is 0 Å². The van der Waals surface area contributed by atoms with Crippen LogP contribution in [0.2, 0.25) is 0 Å². The zero-order valence-corrected chi connectivity index (χ0v) is 11.2. The van der Waals surface area contributed by atoms with Crippen molar-refractivity contribution in [2.75, 3.05) is 32.7 Å². The van der Waals surface area contributed by atoms with Crippen molar-refractivity contribution in [2.45, 2.75) is 19.3 Å². The Hall–Kier alpha value is -0.550. The van der Waals surface area contributed by atoms with Gasteiger partial charge in [0, 0.05) is 17.6 Å². The first kappa shape index (κ1) is 13.5. The largest absolute Gasteiger partial charge is 0.337 e. The summed E-state index contributed by atoms with van der Waals surface area (Å²) in [6.07, 6.45) is 3.92. The fourth-order valence-electron chi connectivity index (χ4n) is 1.75. The predicted octanol–water partition coefficient (Wildman–Crippen LogP) is 1.68. The van der Waals surface area contributed by atoms with Gasteiger partial charge in [-0.15, -0.1) is 0 Å². The molecule has 5 heteroatoms. The number of carbonyl (C=O) groups is 1. The van der Waals surface area contributed by atoms with Crippen LogP contribution in [-0.2, 0) is 0 Å². The Balaban J connectivity index is 2.01. The minimum absolute atomic E-state index is 0.127. The highest BCUT2D eigenvalue weighted by atomic mass is 79.9. The van der Waals surface area contributed by atoms with Crippen molar-refractivity contribution in [1.29, 1.82) is 0 Å². The van der Waals surface area contributed by atoms with Gasteiger partial charge in [-0.1, -0.05) is 28.9 Å². The van der Waals surface area contributed by atoms with Crippen molar-refractivity contribution >= 4 is 22.0 Å². The Kier molecular flexibility index (Phi) is 6.49. The Morgan fingerprint density at radius 3 is 2.56 bits per heavy atom. The van der Waals surface area contributed by atoms with E-state index in [1.165, 1.54) is 32.4 Å². The number of halogens is 1. The molecule has 0 bridgehead atoms. The van der Waals surface area contributed by atoms with E-state index in [1.54, 1.807) is 0 Å². The number of likely N-dealkylation sites (tertiary alicyclic amines) is 1. The first-order valence-electron chi connectivity index (χ1n) is 5.76. The zero-order valence-electron chi connectivity index (χ0n) is 9.60. The summed E-state index contributed by atoms with van der Waals surface area (Å²) in [5.74, 6) is 0. The average molecular weight is 290 g/mol. The molecule has 2 N–H and O–H groups in total. The third kappa shape index (κ3) is 6.12. The first-order chi connectivity index (χ1) is 7.68. The zero-order chi connectivity index (χ0) is 11.8. The van der Waals surface area contributed by atoms with E-state index in [4.69, 9.17) is 0 Å². The van der Waals surface area contributed by atoms with Gasteiger partial charge in [-0.05, 0) is 25.9 Å². The highest BCUT2D eigenvalue weighted by Crippen LogP contribution is 2.07. The first-order valence-corrected chi connectivity index (χ1v) is 6.55. The van der Waals surface area contributed by atoms with Gasteiger partial charge in [0.25, 0.3) is 0 Å². The standard InChI is InChI=1S/C11H20BrN3O/c1-10(12)9-14-11(16)13-5-8-15-6-3-2-4-7-15/h1-9H2,(H2,13,14,16). The number of nitrogens with zero attached hydrogens (tertiary/aromatic N) is 1. The number of hydrogen-bond donors (Lipinski definition) is 2. The van der Waals surface area contributed by atoms with Gasteiger partial charge in [-0.25, -0.2) is 4.79 Å². The summed E-state index contributed by atoms with van der Waals surface area (Å²) in [5.41, 5.74) is 0. The molecule has 16 heavy (non-hydrogen) atoms. The van der Waals surface area contributed by atoms with Gasteiger partial charge in [0.15, 0.2) is 0 Å². The molecule has 0 aromatic rings. The Morgan fingerprint density at radius 1 is 1.25 bits per heavy atom. The number of hydrogen-bond acceptors (Lipinski definition) is 2. The van der Waals surface area contributed by atoms with Crippen molar-refractivity contribution < 1.29 is 4.79 Å². The minimum Gasteiger partial charge on any atom is -0.337 e. The normalized spacial score (nSPS) is 16.8. The summed E-state index contributed by atoms with van der Waals surface area (Å²) in [4.78, 5) is 13.7. The van der Waals surface area contributed by atoms with E-state index >= 15 is 0 Å². The third-order valence-corrected chi connectivity index (χ3v) is 2.88. The molecule has 0 atom stereocenters. The fraction of sp³-hybridized carbons (Fsp3) is 0.727. The predicted molar refractivity (Wildman–Crippen MR) is 69.8 cm³/mol. The van der Waals surface area contributed by atoms with Crippen LogP contribution in [0.4, 0.5) is 4.79 Å². The molecule has 0 spiro atoms. The number of rotatable bonds is 5. The van der Waals surface area contributed by atoms with Gasteiger partial charge in [0.05, 0.1) is 6.54 Å². The van der Waals surface area contributed by atoms with E-state index in [9.17, 15) is 4.79 Å². The number of nitrogens with one attached hydrogen (secondary N) is 2. The molecule has 0 aromatic heterocycles. The Morgan fingerprint density at radius 2 is 1.94 bits per heavy atom. The number of urea groups is 1. The number of carbonyl (C=O) groups excluding carboxylic acids is 1. The summed E-state index contributed by atoms with van der Waals surface area (Å²) in [6, 6.07) is -0.127. The number of piperidine rings is 1. The average Bonchev–Trinajstić information content (AvgIpc) is 2.28. The van der Waals surface area contributed by atoms with Crippen molar-refractivity contribution in [1.82, 2.24) is 15.5 Å². The Bertz CT molecular complexity index is 239. The lowest BCUT2D eigenvalue weighted by Gasteiger charge is -2.26. The smallest absolute Gasteiger partial charge is 0.315 e. The molecule has 0 radical (unpaired) electrons. The van der Waals surface area contributed by atoms with Crippen LogP contribution in [0.1, 0.15) is 19.3 Å². The lowest BCUT2D eigenvalue weighted by atomic mass is 10.1. The molecule has 1 aliphatic rings. The van der Waals surface area contributed by atoms with Crippen LogP contribution >= 0.6 is 15.9 Å². The second-order valence-electron chi connectivity index (χ2n) is 4.03. The van der Waals surface area contributed by atoms with Gasteiger partial charge < -0.3 is 15.5 Å². The molecule has 2 amide bonds. The molecule has 0 aliphatic carbocycles. The second-order valence-corrected chi connectivity index (χ2v) is 5.15. The molecular formula is C11H20BrN3O. The van der Waals surface area contributed by atoms with E-state index in [2.05, 4.69) is 38.0 Å². The van der Waals surface area contributed by atoms with E-state index in [-0.39, 0.29) is 6.03 Å². The summed E-state index contributed by atoms with van der Waals surface area (Å²) in [5, 5.41) is 5.54. The van der Waals surface area contributed by atoms with Gasteiger partial charge in [0.2, 0.25) is 0 Å². The highest BCUT2D eigenvalue weighted by molar-refractivity contribution is 9.11. The van der Waals surface area contributed by atoms with Gasteiger partial charge in [0.1, 0.15) is 0 Å². The topological polar surface area (TPSA) is 44.4 Å². The van der Waals surface area contributed by atoms with Gasteiger partial charge in [-0.2, -0.15) is 0 Å². The fourth-order valence-corrected chi connectivity index (χ4v) is 1.89. The molecule has 1 saturated heterocycles. The monoisotopic (exact) mass is 289 g/mol. The van der Waals surface area contributed by atoms with Gasteiger partial charge >= 0.3 is 6.03 Å². The third-order valence-electron chi connectivity index (χ3n) is 2.60. The van der Waals surface area contributed by atoms with E-state index in [1.807, 2.05) is 0 Å². The molecule has 0 aromatic carbocycles. The molecule has 1 rings (SSSR count). The second kappa shape index (κ2) is 7.68. The minimum atomic E-state index is -0.127. The summed E-state index contributed by atoms with van der Waals surface area (Å²) in [6.45, 7) is 8.11. The van der Waals surface area contributed by atoms with Crippen LogP contribution in [-0.4, -0.2) is 43.7 Å². The molecule has 4 nitrogen and oxygen atoms in total. The van der Waals surface area contributed by atoms with Crippen LogP contribution < -0.4 is 10.6 Å². The maximum atomic E-state index is 11.3.